The second-order valence-electron chi connectivity index (χ2n) is 5.13. The normalized spacial score (nSPS) is 11.1. The van der Waals surface area contributed by atoms with Crippen molar-refractivity contribution in [2.45, 2.75) is 30.4 Å². The highest BCUT2D eigenvalue weighted by Gasteiger charge is 2.16. The van der Waals surface area contributed by atoms with E-state index in [0.717, 1.165) is 16.2 Å². The monoisotopic (exact) mass is 269 g/mol. The molecule has 0 atom stereocenters. The van der Waals surface area contributed by atoms with Crippen molar-refractivity contribution in [3.05, 3.63) is 42.4 Å². The number of hydrogen-bond donors (Lipinski definition) is 0. The Morgan fingerprint density at radius 2 is 1.95 bits per heavy atom. The van der Waals surface area contributed by atoms with E-state index in [1.165, 1.54) is 0 Å². The predicted molar refractivity (Wildman–Crippen MR) is 77.8 cm³/mol. The van der Waals surface area contributed by atoms with E-state index >= 15 is 0 Å². The Bertz CT molecular complexity index is 607. The molecule has 0 radical (unpaired) electrons. The molecule has 2 aromatic rings. The molecule has 0 spiro atoms. The molecule has 0 aliphatic rings. The first-order valence-electron chi connectivity index (χ1n) is 5.99. The van der Waals surface area contributed by atoms with Gasteiger partial charge in [0.1, 0.15) is 6.07 Å². The highest BCUT2D eigenvalue weighted by Crippen LogP contribution is 2.37. The van der Waals surface area contributed by atoms with E-state index in [0.29, 0.717) is 5.56 Å². The Morgan fingerprint density at radius 1 is 1.16 bits per heavy atom. The topological polar surface area (TPSA) is 49.6 Å². The van der Waals surface area contributed by atoms with Crippen molar-refractivity contribution >= 4 is 11.8 Å². The number of nitriles is 1. The molecule has 2 heterocycles. The van der Waals surface area contributed by atoms with Crippen LogP contribution in [0.4, 0.5) is 0 Å². The lowest BCUT2D eigenvalue weighted by molar-refractivity contribution is 0.803. The Balaban J connectivity index is 2.41. The summed E-state index contributed by atoms with van der Waals surface area (Å²) in [6, 6.07) is 7.72. The summed E-state index contributed by atoms with van der Waals surface area (Å²) in [5, 5.41) is 8.80. The lowest BCUT2D eigenvalue weighted by atomic mass is 10.1. The van der Waals surface area contributed by atoms with Gasteiger partial charge in [-0.1, -0.05) is 20.8 Å². The summed E-state index contributed by atoms with van der Waals surface area (Å²) in [6.07, 6.45) is 5.21. The van der Waals surface area contributed by atoms with Crippen LogP contribution in [0.5, 0.6) is 0 Å². The van der Waals surface area contributed by atoms with Crippen molar-refractivity contribution in [3.63, 3.8) is 0 Å². The minimum Gasteiger partial charge on any atom is -0.264 e. The zero-order valence-corrected chi connectivity index (χ0v) is 12.0. The zero-order valence-electron chi connectivity index (χ0n) is 11.2. The lowest BCUT2D eigenvalue weighted by Crippen LogP contribution is -2.07. The van der Waals surface area contributed by atoms with E-state index in [4.69, 9.17) is 5.26 Å². The summed E-state index contributed by atoms with van der Waals surface area (Å²) in [4.78, 5) is 9.66. The van der Waals surface area contributed by atoms with Gasteiger partial charge < -0.3 is 0 Å². The van der Waals surface area contributed by atoms with Crippen LogP contribution in [0.1, 0.15) is 26.3 Å². The minimum absolute atomic E-state index is 0.128. The van der Waals surface area contributed by atoms with Crippen molar-refractivity contribution in [1.29, 1.82) is 5.26 Å². The average molecular weight is 269 g/mol. The Kier molecular flexibility index (Phi) is 3.87. The summed E-state index contributed by atoms with van der Waals surface area (Å²) >= 11 is 1.79. The lowest BCUT2D eigenvalue weighted by Gasteiger charge is -2.19. The highest BCUT2D eigenvalue weighted by molar-refractivity contribution is 8.00. The number of nitrogens with zero attached hydrogens (tertiary/aromatic N) is 3. The molecular weight excluding hydrogens is 254 g/mol. The molecule has 0 aromatic carbocycles. The zero-order chi connectivity index (χ0) is 13.9. The summed E-state index contributed by atoms with van der Waals surface area (Å²) in [5.74, 6) is 0. The number of pyridine rings is 2. The predicted octanol–water partition coefficient (Wildman–Crippen LogP) is 3.91. The van der Waals surface area contributed by atoms with Gasteiger partial charge in [-0.2, -0.15) is 5.26 Å². The Morgan fingerprint density at radius 3 is 2.53 bits per heavy atom. The van der Waals surface area contributed by atoms with Crippen molar-refractivity contribution < 1.29 is 0 Å². The van der Waals surface area contributed by atoms with Crippen molar-refractivity contribution in [1.82, 2.24) is 9.97 Å². The van der Waals surface area contributed by atoms with Crippen LogP contribution < -0.4 is 0 Å². The van der Waals surface area contributed by atoms with Crippen LogP contribution >= 0.6 is 11.8 Å². The van der Waals surface area contributed by atoms with Crippen LogP contribution in [0, 0.1) is 11.3 Å². The van der Waals surface area contributed by atoms with Gasteiger partial charge in [0.05, 0.1) is 11.3 Å². The molecule has 0 aliphatic heterocycles. The van der Waals surface area contributed by atoms with Gasteiger partial charge in [-0.25, -0.2) is 0 Å². The Hall–Kier alpha value is -1.86. The van der Waals surface area contributed by atoms with E-state index in [9.17, 15) is 0 Å². The first kappa shape index (κ1) is 13.6. The van der Waals surface area contributed by atoms with Crippen molar-refractivity contribution in [2.75, 3.05) is 0 Å². The number of thioether (sulfide) groups is 1. The number of hydrogen-bond acceptors (Lipinski definition) is 4. The van der Waals surface area contributed by atoms with E-state index in [1.54, 1.807) is 30.2 Å². The molecule has 0 N–H and O–H groups in total. The van der Waals surface area contributed by atoms with E-state index in [1.807, 2.05) is 18.3 Å². The minimum atomic E-state index is 0.128. The highest BCUT2D eigenvalue weighted by atomic mass is 32.2. The molecule has 0 saturated heterocycles. The third-order valence-corrected chi connectivity index (χ3v) is 3.55. The SMILES string of the molecule is CC(C)(C)Sc1ccncc1-c1ccc(C#N)cn1. The van der Waals surface area contributed by atoms with Gasteiger partial charge in [0.15, 0.2) is 0 Å². The fourth-order valence-corrected chi connectivity index (χ4v) is 2.67. The maximum absolute atomic E-state index is 8.80. The molecule has 3 nitrogen and oxygen atoms in total. The van der Waals surface area contributed by atoms with Gasteiger partial charge in [-0.05, 0) is 18.2 Å². The second-order valence-corrected chi connectivity index (χ2v) is 7.00. The first-order chi connectivity index (χ1) is 8.99. The molecule has 2 aromatic heterocycles. The van der Waals surface area contributed by atoms with Gasteiger partial charge >= 0.3 is 0 Å². The van der Waals surface area contributed by atoms with Crippen LogP contribution in [-0.4, -0.2) is 14.7 Å². The summed E-state index contributed by atoms with van der Waals surface area (Å²) in [6.45, 7) is 6.52. The summed E-state index contributed by atoms with van der Waals surface area (Å²) in [7, 11) is 0. The molecule has 0 fully saturated rings. The average Bonchev–Trinajstić information content (AvgIpc) is 2.38. The van der Waals surface area contributed by atoms with Gasteiger partial charge in [0.2, 0.25) is 0 Å². The van der Waals surface area contributed by atoms with Crippen LogP contribution in [-0.2, 0) is 0 Å². The summed E-state index contributed by atoms with van der Waals surface area (Å²) < 4.78 is 0.128. The van der Waals surface area contributed by atoms with Crippen molar-refractivity contribution in [3.8, 4) is 17.3 Å². The maximum atomic E-state index is 8.80. The smallest absolute Gasteiger partial charge is 0.101 e. The maximum Gasteiger partial charge on any atom is 0.101 e. The van der Waals surface area contributed by atoms with Gasteiger partial charge in [-0.15, -0.1) is 11.8 Å². The van der Waals surface area contributed by atoms with Gasteiger partial charge in [0.25, 0.3) is 0 Å². The standard InChI is InChI=1S/C15H15N3S/c1-15(2,3)19-14-6-7-17-10-12(14)13-5-4-11(8-16)9-18-13/h4-7,9-10H,1-3H3. The molecule has 0 unspecified atom stereocenters. The Labute approximate surface area is 117 Å². The summed E-state index contributed by atoms with van der Waals surface area (Å²) in [5.41, 5.74) is 2.42. The van der Waals surface area contributed by atoms with E-state index in [2.05, 4.69) is 36.8 Å². The quantitative estimate of drug-likeness (QED) is 0.776. The fourth-order valence-electron chi connectivity index (χ4n) is 1.61. The molecule has 4 heteroatoms. The van der Waals surface area contributed by atoms with Crippen LogP contribution in [0.3, 0.4) is 0 Å². The molecule has 96 valence electrons. The molecule has 2 rings (SSSR count). The molecule has 0 saturated carbocycles. The molecule has 0 amide bonds. The second kappa shape index (κ2) is 5.41. The van der Waals surface area contributed by atoms with Gasteiger partial charge in [-0.3, -0.25) is 9.97 Å². The first-order valence-corrected chi connectivity index (χ1v) is 6.81. The van der Waals surface area contributed by atoms with Crippen LogP contribution in [0.2, 0.25) is 0 Å². The van der Waals surface area contributed by atoms with Gasteiger partial charge in [0, 0.05) is 33.8 Å². The third kappa shape index (κ3) is 3.55. The van der Waals surface area contributed by atoms with Crippen molar-refractivity contribution in [2.24, 2.45) is 0 Å². The van der Waals surface area contributed by atoms with Crippen LogP contribution in [0.25, 0.3) is 11.3 Å². The van der Waals surface area contributed by atoms with E-state index in [-0.39, 0.29) is 4.75 Å². The van der Waals surface area contributed by atoms with Crippen LogP contribution in [0.15, 0.2) is 41.7 Å². The number of aromatic nitrogens is 2. The third-order valence-electron chi connectivity index (χ3n) is 2.37. The fraction of sp³-hybridized carbons (Fsp3) is 0.267. The molecular formula is C15H15N3S. The molecule has 0 bridgehead atoms. The largest absolute Gasteiger partial charge is 0.264 e. The van der Waals surface area contributed by atoms with E-state index < -0.39 is 0 Å². The number of rotatable bonds is 2. The molecule has 0 aliphatic carbocycles. The molecule has 19 heavy (non-hydrogen) atoms.